The summed E-state index contributed by atoms with van der Waals surface area (Å²) >= 11 is 0. The minimum absolute atomic E-state index is 0.00921. The summed E-state index contributed by atoms with van der Waals surface area (Å²) in [6.45, 7) is 4.00. The van der Waals surface area contributed by atoms with Crippen LogP contribution in [0.5, 0.6) is 0 Å². The highest BCUT2D eigenvalue weighted by molar-refractivity contribution is 5.92. The molecule has 0 bridgehead atoms. The number of nitrogens with zero attached hydrogens (tertiary/aromatic N) is 2. The third kappa shape index (κ3) is 2.01. The van der Waals surface area contributed by atoms with E-state index in [2.05, 4.69) is 4.98 Å². The Hall–Kier alpha value is -2.42. The molecule has 0 radical (unpaired) electrons. The molecular weight excluding hydrogens is 248 g/mol. The fourth-order valence-electron chi connectivity index (χ4n) is 2.53. The second-order valence-electron chi connectivity index (χ2n) is 5.10. The van der Waals surface area contributed by atoms with E-state index in [9.17, 15) is 4.79 Å². The number of benzene rings is 1. The third-order valence-corrected chi connectivity index (χ3v) is 3.41. The van der Waals surface area contributed by atoms with E-state index in [1.807, 2.05) is 56.3 Å². The van der Waals surface area contributed by atoms with Crippen LogP contribution < -0.4 is 5.56 Å². The molecule has 3 rings (SSSR count). The Morgan fingerprint density at radius 1 is 1.05 bits per heavy atom. The van der Waals surface area contributed by atoms with Crippen molar-refractivity contribution in [2.45, 2.75) is 19.9 Å². The Kier molecular flexibility index (Phi) is 3.11. The van der Waals surface area contributed by atoms with Gasteiger partial charge in [0.15, 0.2) is 0 Å². The number of pyridine rings is 2. The van der Waals surface area contributed by atoms with E-state index in [-0.39, 0.29) is 11.6 Å². The summed E-state index contributed by atoms with van der Waals surface area (Å²) in [7, 11) is 0. The molecule has 100 valence electrons. The van der Waals surface area contributed by atoms with E-state index in [0.29, 0.717) is 0 Å². The van der Waals surface area contributed by atoms with Crippen molar-refractivity contribution in [2.24, 2.45) is 0 Å². The standard InChI is InChI=1S/C17H16N2O/c1-12(2)19-16(20)11-15(13-7-4-3-5-8-13)14-9-6-10-18-17(14)19/h3-12H,1-2H3. The van der Waals surface area contributed by atoms with E-state index >= 15 is 0 Å². The maximum absolute atomic E-state index is 12.4. The summed E-state index contributed by atoms with van der Waals surface area (Å²) in [6.07, 6.45) is 1.73. The van der Waals surface area contributed by atoms with Crippen LogP contribution in [-0.2, 0) is 0 Å². The molecule has 0 saturated carbocycles. The summed E-state index contributed by atoms with van der Waals surface area (Å²) in [6, 6.07) is 15.7. The SMILES string of the molecule is CC(C)n1c(=O)cc(-c2ccccc2)c2cccnc21. The lowest BCUT2D eigenvalue weighted by Crippen LogP contribution is -2.22. The van der Waals surface area contributed by atoms with Crippen LogP contribution in [0.4, 0.5) is 0 Å². The zero-order valence-electron chi connectivity index (χ0n) is 11.6. The van der Waals surface area contributed by atoms with Crippen LogP contribution >= 0.6 is 0 Å². The summed E-state index contributed by atoms with van der Waals surface area (Å²) in [4.78, 5) is 16.8. The molecule has 1 aromatic carbocycles. The van der Waals surface area contributed by atoms with Crippen molar-refractivity contribution in [1.82, 2.24) is 9.55 Å². The van der Waals surface area contributed by atoms with Crippen molar-refractivity contribution >= 4 is 11.0 Å². The molecule has 0 saturated heterocycles. The summed E-state index contributed by atoms with van der Waals surface area (Å²) in [5.74, 6) is 0. The Labute approximate surface area is 117 Å². The van der Waals surface area contributed by atoms with Crippen LogP contribution in [0.15, 0.2) is 59.5 Å². The van der Waals surface area contributed by atoms with E-state index in [0.717, 1.165) is 22.2 Å². The largest absolute Gasteiger partial charge is 0.290 e. The first-order chi connectivity index (χ1) is 9.68. The Bertz CT molecular complexity index is 804. The molecule has 0 N–H and O–H groups in total. The zero-order chi connectivity index (χ0) is 14.1. The molecule has 3 aromatic rings. The number of hydrogen-bond donors (Lipinski definition) is 0. The summed E-state index contributed by atoms with van der Waals surface area (Å²) in [5, 5.41) is 1.01. The molecule has 2 aromatic heterocycles. The first kappa shape index (κ1) is 12.6. The highest BCUT2D eigenvalue weighted by atomic mass is 16.1. The molecule has 0 aliphatic rings. The van der Waals surface area contributed by atoms with E-state index in [4.69, 9.17) is 0 Å². The van der Waals surface area contributed by atoms with Gasteiger partial charge in [-0.1, -0.05) is 30.3 Å². The maximum atomic E-state index is 12.4. The molecule has 0 aliphatic carbocycles. The van der Waals surface area contributed by atoms with Crippen LogP contribution in [0.2, 0.25) is 0 Å². The van der Waals surface area contributed by atoms with Crippen molar-refractivity contribution in [3.8, 4) is 11.1 Å². The zero-order valence-corrected chi connectivity index (χ0v) is 11.6. The maximum Gasteiger partial charge on any atom is 0.253 e. The fraction of sp³-hybridized carbons (Fsp3) is 0.176. The van der Waals surface area contributed by atoms with Gasteiger partial charge < -0.3 is 0 Å². The van der Waals surface area contributed by atoms with Gasteiger partial charge in [-0.05, 0) is 37.1 Å². The molecule has 0 atom stereocenters. The molecule has 3 nitrogen and oxygen atoms in total. The van der Waals surface area contributed by atoms with E-state index in [1.54, 1.807) is 16.8 Å². The van der Waals surface area contributed by atoms with E-state index < -0.39 is 0 Å². The quantitative estimate of drug-likeness (QED) is 0.708. The minimum atomic E-state index is -0.00921. The highest BCUT2D eigenvalue weighted by Gasteiger charge is 2.12. The van der Waals surface area contributed by atoms with Gasteiger partial charge in [-0.2, -0.15) is 0 Å². The van der Waals surface area contributed by atoms with Gasteiger partial charge in [-0.3, -0.25) is 9.36 Å². The fourth-order valence-corrected chi connectivity index (χ4v) is 2.53. The number of fused-ring (bicyclic) bond motifs is 1. The minimum Gasteiger partial charge on any atom is -0.290 e. The Morgan fingerprint density at radius 2 is 1.80 bits per heavy atom. The predicted octanol–water partition coefficient (Wildman–Crippen LogP) is 3.64. The second kappa shape index (κ2) is 4.93. The molecule has 0 spiro atoms. The highest BCUT2D eigenvalue weighted by Crippen LogP contribution is 2.26. The van der Waals surface area contributed by atoms with Gasteiger partial charge in [0.2, 0.25) is 0 Å². The first-order valence-corrected chi connectivity index (χ1v) is 6.74. The third-order valence-electron chi connectivity index (χ3n) is 3.41. The van der Waals surface area contributed by atoms with Gasteiger partial charge in [0.1, 0.15) is 5.65 Å². The monoisotopic (exact) mass is 264 g/mol. The van der Waals surface area contributed by atoms with Gasteiger partial charge in [-0.15, -0.1) is 0 Å². The molecule has 20 heavy (non-hydrogen) atoms. The molecule has 0 fully saturated rings. The van der Waals surface area contributed by atoms with Gasteiger partial charge in [0, 0.05) is 23.7 Å². The lowest BCUT2D eigenvalue weighted by atomic mass is 10.0. The molecule has 3 heteroatoms. The van der Waals surface area contributed by atoms with Crippen LogP contribution in [0.25, 0.3) is 22.2 Å². The van der Waals surface area contributed by atoms with Crippen LogP contribution in [0, 0.1) is 0 Å². The predicted molar refractivity (Wildman–Crippen MR) is 81.8 cm³/mol. The van der Waals surface area contributed by atoms with E-state index in [1.165, 1.54) is 0 Å². The van der Waals surface area contributed by atoms with Crippen molar-refractivity contribution in [1.29, 1.82) is 0 Å². The van der Waals surface area contributed by atoms with Crippen molar-refractivity contribution in [3.05, 3.63) is 65.1 Å². The number of hydrogen-bond acceptors (Lipinski definition) is 2. The molecule has 2 heterocycles. The van der Waals surface area contributed by atoms with Crippen LogP contribution in [0.3, 0.4) is 0 Å². The Balaban J connectivity index is 2.42. The number of rotatable bonds is 2. The average Bonchev–Trinajstić information content (AvgIpc) is 2.47. The van der Waals surface area contributed by atoms with Gasteiger partial charge in [0.05, 0.1) is 0 Å². The summed E-state index contributed by atoms with van der Waals surface area (Å²) in [5.41, 5.74) is 2.72. The van der Waals surface area contributed by atoms with Crippen LogP contribution in [0.1, 0.15) is 19.9 Å². The smallest absolute Gasteiger partial charge is 0.253 e. The van der Waals surface area contributed by atoms with Gasteiger partial charge in [-0.25, -0.2) is 4.98 Å². The topological polar surface area (TPSA) is 34.9 Å². The lowest BCUT2D eigenvalue weighted by molar-refractivity contribution is 0.595. The van der Waals surface area contributed by atoms with Gasteiger partial charge >= 0.3 is 0 Å². The van der Waals surface area contributed by atoms with Gasteiger partial charge in [0.25, 0.3) is 5.56 Å². The molecule has 0 unspecified atom stereocenters. The van der Waals surface area contributed by atoms with Crippen molar-refractivity contribution in [2.75, 3.05) is 0 Å². The average molecular weight is 264 g/mol. The van der Waals surface area contributed by atoms with Crippen molar-refractivity contribution in [3.63, 3.8) is 0 Å². The second-order valence-corrected chi connectivity index (χ2v) is 5.10. The van der Waals surface area contributed by atoms with Crippen LogP contribution in [-0.4, -0.2) is 9.55 Å². The summed E-state index contributed by atoms with van der Waals surface area (Å²) < 4.78 is 1.74. The Morgan fingerprint density at radius 3 is 2.50 bits per heavy atom. The number of aromatic nitrogens is 2. The molecular formula is C17H16N2O. The van der Waals surface area contributed by atoms with Crippen molar-refractivity contribution < 1.29 is 0 Å². The molecule has 0 aliphatic heterocycles. The first-order valence-electron chi connectivity index (χ1n) is 6.74. The lowest BCUT2D eigenvalue weighted by Gasteiger charge is -2.15. The normalized spacial score (nSPS) is 11.2. The molecule has 0 amide bonds.